The normalized spacial score (nSPS) is 13.2. The molecule has 120 valence electrons. The number of carbonyl (C=O) groups is 2. The Balaban J connectivity index is 2.02. The van der Waals surface area contributed by atoms with Gasteiger partial charge in [0, 0.05) is 11.1 Å². The SMILES string of the molecule is CC(=O)c1ccccc1NC(=O)[C@@H](C)[NH2+][C@@H](C)c1ccccc1. The van der Waals surface area contributed by atoms with E-state index in [1.54, 1.807) is 18.2 Å². The third kappa shape index (κ3) is 4.50. The molecule has 0 aromatic heterocycles. The van der Waals surface area contributed by atoms with Crippen LogP contribution in [0.5, 0.6) is 0 Å². The summed E-state index contributed by atoms with van der Waals surface area (Å²) >= 11 is 0. The van der Waals surface area contributed by atoms with Crippen LogP contribution in [-0.2, 0) is 4.79 Å². The number of nitrogens with one attached hydrogen (secondary N) is 1. The Labute approximate surface area is 136 Å². The molecule has 2 rings (SSSR count). The van der Waals surface area contributed by atoms with E-state index in [9.17, 15) is 9.59 Å². The van der Waals surface area contributed by atoms with E-state index in [1.165, 1.54) is 12.5 Å². The molecule has 3 N–H and O–H groups in total. The quantitative estimate of drug-likeness (QED) is 0.805. The molecule has 0 aliphatic heterocycles. The van der Waals surface area contributed by atoms with Crippen LogP contribution in [0.15, 0.2) is 54.6 Å². The van der Waals surface area contributed by atoms with Gasteiger partial charge in [0.1, 0.15) is 6.04 Å². The highest BCUT2D eigenvalue weighted by Crippen LogP contribution is 2.15. The number of amides is 1. The van der Waals surface area contributed by atoms with Gasteiger partial charge in [-0.15, -0.1) is 0 Å². The van der Waals surface area contributed by atoms with E-state index < -0.39 is 0 Å². The number of rotatable bonds is 6. The fraction of sp³-hybridized carbons (Fsp3) is 0.263. The largest absolute Gasteiger partial charge is 0.330 e. The molecule has 0 unspecified atom stereocenters. The van der Waals surface area contributed by atoms with E-state index in [0.29, 0.717) is 11.3 Å². The van der Waals surface area contributed by atoms with Crippen LogP contribution in [-0.4, -0.2) is 17.7 Å². The molecule has 4 heteroatoms. The molecular formula is C19H23N2O2+. The molecule has 2 aromatic rings. The highest BCUT2D eigenvalue weighted by atomic mass is 16.2. The molecular weight excluding hydrogens is 288 g/mol. The van der Waals surface area contributed by atoms with Crippen LogP contribution in [0.25, 0.3) is 0 Å². The summed E-state index contributed by atoms with van der Waals surface area (Å²) in [4.78, 5) is 24.0. The highest BCUT2D eigenvalue weighted by Gasteiger charge is 2.21. The number of para-hydroxylation sites is 1. The molecule has 4 nitrogen and oxygen atoms in total. The molecule has 0 fully saturated rings. The summed E-state index contributed by atoms with van der Waals surface area (Å²) in [5.41, 5.74) is 2.28. The van der Waals surface area contributed by atoms with Gasteiger partial charge >= 0.3 is 0 Å². The summed E-state index contributed by atoms with van der Waals surface area (Å²) in [7, 11) is 0. The van der Waals surface area contributed by atoms with Crippen LogP contribution in [0.2, 0.25) is 0 Å². The maximum Gasteiger partial charge on any atom is 0.282 e. The summed E-state index contributed by atoms with van der Waals surface area (Å²) in [6.45, 7) is 5.44. The lowest BCUT2D eigenvalue weighted by Crippen LogP contribution is -2.91. The first-order valence-corrected chi connectivity index (χ1v) is 7.79. The molecule has 0 radical (unpaired) electrons. The Morgan fingerprint density at radius 1 is 0.957 bits per heavy atom. The van der Waals surface area contributed by atoms with Crippen molar-refractivity contribution in [2.45, 2.75) is 32.9 Å². The number of carbonyl (C=O) groups excluding carboxylic acids is 2. The molecule has 0 saturated carbocycles. The van der Waals surface area contributed by atoms with Crippen LogP contribution in [0.1, 0.15) is 42.7 Å². The number of hydrogen-bond acceptors (Lipinski definition) is 2. The summed E-state index contributed by atoms with van der Waals surface area (Å²) in [6.07, 6.45) is 0. The molecule has 0 saturated heterocycles. The van der Waals surface area contributed by atoms with Gasteiger partial charge in [-0.3, -0.25) is 9.59 Å². The molecule has 0 heterocycles. The zero-order valence-corrected chi connectivity index (χ0v) is 13.7. The lowest BCUT2D eigenvalue weighted by molar-refractivity contribution is -0.709. The smallest absolute Gasteiger partial charge is 0.282 e. The third-order valence-corrected chi connectivity index (χ3v) is 3.88. The Kier molecular flexibility index (Phi) is 5.66. The molecule has 23 heavy (non-hydrogen) atoms. The average Bonchev–Trinajstić information content (AvgIpc) is 2.55. The lowest BCUT2D eigenvalue weighted by Gasteiger charge is -2.17. The third-order valence-electron chi connectivity index (χ3n) is 3.88. The van der Waals surface area contributed by atoms with Crippen molar-refractivity contribution in [3.63, 3.8) is 0 Å². The van der Waals surface area contributed by atoms with Crippen molar-refractivity contribution in [1.82, 2.24) is 0 Å². The van der Waals surface area contributed by atoms with Gasteiger partial charge in [0.2, 0.25) is 0 Å². The van der Waals surface area contributed by atoms with E-state index in [0.717, 1.165) is 0 Å². The molecule has 1 amide bonds. The topological polar surface area (TPSA) is 62.8 Å². The minimum atomic E-state index is -0.259. The minimum Gasteiger partial charge on any atom is -0.330 e. The van der Waals surface area contributed by atoms with Gasteiger partial charge in [-0.05, 0) is 32.9 Å². The van der Waals surface area contributed by atoms with Crippen molar-refractivity contribution in [1.29, 1.82) is 0 Å². The molecule has 0 aliphatic rings. The Hall–Kier alpha value is -2.46. The summed E-state index contributed by atoms with van der Waals surface area (Å²) in [5, 5.41) is 4.87. The van der Waals surface area contributed by atoms with E-state index in [1.807, 2.05) is 36.5 Å². The van der Waals surface area contributed by atoms with Crippen LogP contribution < -0.4 is 10.6 Å². The molecule has 0 spiro atoms. The number of quaternary nitrogens is 1. The summed E-state index contributed by atoms with van der Waals surface area (Å²) < 4.78 is 0. The molecule has 2 atom stereocenters. The van der Waals surface area contributed by atoms with Crippen LogP contribution in [0.3, 0.4) is 0 Å². The van der Waals surface area contributed by atoms with Crippen molar-refractivity contribution in [2.75, 3.05) is 5.32 Å². The second-order valence-electron chi connectivity index (χ2n) is 5.77. The highest BCUT2D eigenvalue weighted by molar-refractivity contribution is 6.04. The zero-order chi connectivity index (χ0) is 16.8. The summed E-state index contributed by atoms with van der Waals surface area (Å²) in [5.74, 6) is -0.170. The maximum absolute atomic E-state index is 12.4. The fourth-order valence-electron chi connectivity index (χ4n) is 2.53. The molecule has 0 aliphatic carbocycles. The van der Waals surface area contributed by atoms with Crippen LogP contribution in [0.4, 0.5) is 5.69 Å². The predicted molar refractivity (Wildman–Crippen MR) is 91.3 cm³/mol. The van der Waals surface area contributed by atoms with Gasteiger partial charge < -0.3 is 10.6 Å². The monoisotopic (exact) mass is 311 g/mol. The van der Waals surface area contributed by atoms with Crippen molar-refractivity contribution >= 4 is 17.4 Å². The summed E-state index contributed by atoms with van der Waals surface area (Å²) in [6, 6.07) is 17.1. The van der Waals surface area contributed by atoms with E-state index in [-0.39, 0.29) is 23.8 Å². The van der Waals surface area contributed by atoms with Gasteiger partial charge in [-0.2, -0.15) is 0 Å². The van der Waals surface area contributed by atoms with Crippen LogP contribution >= 0.6 is 0 Å². The van der Waals surface area contributed by atoms with Gasteiger partial charge in [0.05, 0.1) is 5.69 Å². The number of Topliss-reactive ketones (excluding diaryl/α,β-unsaturated/α-hetero) is 1. The first kappa shape index (κ1) is 16.9. The van der Waals surface area contributed by atoms with Crippen molar-refractivity contribution < 1.29 is 14.9 Å². The Bertz CT molecular complexity index is 683. The second kappa shape index (κ2) is 7.70. The van der Waals surface area contributed by atoms with Crippen LogP contribution in [0, 0.1) is 0 Å². The average molecular weight is 311 g/mol. The van der Waals surface area contributed by atoms with E-state index in [2.05, 4.69) is 24.4 Å². The fourth-order valence-corrected chi connectivity index (χ4v) is 2.53. The Morgan fingerprint density at radius 3 is 2.22 bits per heavy atom. The number of anilines is 1. The van der Waals surface area contributed by atoms with E-state index in [4.69, 9.17) is 0 Å². The number of hydrogen-bond donors (Lipinski definition) is 2. The first-order chi connectivity index (χ1) is 11.0. The standard InChI is InChI=1S/C19H22N2O2/c1-13(16-9-5-4-6-10-16)20-14(2)19(23)21-18-12-8-7-11-17(18)15(3)22/h4-14,20H,1-3H3,(H,21,23)/p+1/t13-,14+/m0/s1. The van der Waals surface area contributed by atoms with Crippen molar-refractivity contribution in [2.24, 2.45) is 0 Å². The van der Waals surface area contributed by atoms with Gasteiger partial charge in [0.25, 0.3) is 5.91 Å². The molecule has 2 aromatic carbocycles. The van der Waals surface area contributed by atoms with Crippen molar-refractivity contribution in [3.05, 3.63) is 65.7 Å². The first-order valence-electron chi connectivity index (χ1n) is 7.79. The number of benzene rings is 2. The van der Waals surface area contributed by atoms with Gasteiger partial charge in [0.15, 0.2) is 11.8 Å². The van der Waals surface area contributed by atoms with Gasteiger partial charge in [-0.1, -0.05) is 42.5 Å². The number of nitrogens with two attached hydrogens (primary N) is 1. The molecule has 0 bridgehead atoms. The number of ketones is 1. The minimum absolute atomic E-state index is 0.0600. The Morgan fingerprint density at radius 2 is 1.57 bits per heavy atom. The predicted octanol–water partition coefficient (Wildman–Crippen LogP) is 2.54. The lowest BCUT2D eigenvalue weighted by atomic mass is 10.1. The maximum atomic E-state index is 12.4. The second-order valence-corrected chi connectivity index (χ2v) is 5.77. The van der Waals surface area contributed by atoms with Crippen molar-refractivity contribution in [3.8, 4) is 0 Å². The zero-order valence-electron chi connectivity index (χ0n) is 13.7. The van der Waals surface area contributed by atoms with Gasteiger partial charge in [-0.25, -0.2) is 0 Å². The van der Waals surface area contributed by atoms with E-state index >= 15 is 0 Å².